The number of fused-ring (bicyclic) bond motifs is 1. The van der Waals surface area contributed by atoms with Crippen molar-refractivity contribution in [1.29, 1.82) is 0 Å². The van der Waals surface area contributed by atoms with Crippen molar-refractivity contribution >= 4 is 29.0 Å². The van der Waals surface area contributed by atoms with Crippen LogP contribution in [0.25, 0.3) is 4.85 Å². The molecule has 2 aliphatic rings. The van der Waals surface area contributed by atoms with E-state index in [4.69, 9.17) is 17.0 Å². The molecule has 0 saturated heterocycles. The molecule has 1 aromatic carbocycles. The highest BCUT2D eigenvalue weighted by Gasteiger charge is 2.24. The van der Waals surface area contributed by atoms with Crippen molar-refractivity contribution < 1.29 is 9.53 Å². The van der Waals surface area contributed by atoms with Crippen LogP contribution in [0.2, 0.25) is 0 Å². The molecular weight excluding hydrogens is 346 g/mol. The van der Waals surface area contributed by atoms with Gasteiger partial charge in [-0.1, -0.05) is 0 Å². The van der Waals surface area contributed by atoms with Gasteiger partial charge in [-0.15, -0.1) is 0 Å². The number of aromatic nitrogens is 2. The highest BCUT2D eigenvalue weighted by Crippen LogP contribution is 2.31. The molecule has 1 atom stereocenters. The number of rotatable bonds is 5. The number of nitrogens with zero attached hydrogens (tertiary/aromatic N) is 3. The summed E-state index contributed by atoms with van der Waals surface area (Å²) in [6, 6.07) is 5.67. The fraction of sp³-hybridized carbons (Fsp3) is 0.333. The number of primary amides is 1. The Labute approximate surface area is 156 Å². The normalized spacial score (nSPS) is 18.1. The first-order valence-electron chi connectivity index (χ1n) is 8.70. The van der Waals surface area contributed by atoms with Gasteiger partial charge in [0.2, 0.25) is 5.95 Å². The molecule has 2 heterocycles. The van der Waals surface area contributed by atoms with Gasteiger partial charge in [-0.2, -0.15) is 4.98 Å². The first kappa shape index (κ1) is 16.9. The van der Waals surface area contributed by atoms with Gasteiger partial charge < -0.3 is 31.3 Å². The fourth-order valence-electron chi connectivity index (χ4n) is 2.71. The summed E-state index contributed by atoms with van der Waals surface area (Å²) >= 11 is 0. The Hall–Kier alpha value is -3.54. The van der Waals surface area contributed by atoms with E-state index in [1.807, 2.05) is 18.2 Å². The molecule has 138 valence electrons. The van der Waals surface area contributed by atoms with Crippen LogP contribution in [0.1, 0.15) is 23.2 Å². The van der Waals surface area contributed by atoms with Crippen molar-refractivity contribution in [3.05, 3.63) is 41.4 Å². The Morgan fingerprint density at radius 3 is 3.00 bits per heavy atom. The molecule has 0 bridgehead atoms. The van der Waals surface area contributed by atoms with Crippen LogP contribution in [0.4, 0.5) is 23.1 Å². The van der Waals surface area contributed by atoms with Gasteiger partial charge in [0.05, 0.1) is 17.8 Å². The number of nitrogens with one attached hydrogen (secondary N) is 3. The topological polar surface area (TPSA) is 119 Å². The van der Waals surface area contributed by atoms with Crippen molar-refractivity contribution in [2.75, 3.05) is 29.1 Å². The van der Waals surface area contributed by atoms with E-state index in [0.717, 1.165) is 24.2 Å². The van der Waals surface area contributed by atoms with Crippen molar-refractivity contribution in [3.63, 3.8) is 0 Å². The number of amides is 1. The maximum atomic E-state index is 11.6. The van der Waals surface area contributed by atoms with Crippen molar-refractivity contribution in [3.8, 4) is 5.75 Å². The van der Waals surface area contributed by atoms with Gasteiger partial charge in [0, 0.05) is 17.9 Å². The summed E-state index contributed by atoms with van der Waals surface area (Å²) in [4.78, 5) is 23.7. The van der Waals surface area contributed by atoms with E-state index >= 15 is 0 Å². The summed E-state index contributed by atoms with van der Waals surface area (Å²) in [6.45, 7) is 8.04. The summed E-state index contributed by atoms with van der Waals surface area (Å²) in [5.41, 5.74) is 7.24. The van der Waals surface area contributed by atoms with Gasteiger partial charge >= 0.3 is 0 Å². The molecule has 2 aromatic rings. The zero-order chi connectivity index (χ0) is 18.8. The molecule has 1 aliphatic heterocycles. The second-order valence-corrected chi connectivity index (χ2v) is 6.55. The molecule has 4 rings (SSSR count). The van der Waals surface area contributed by atoms with Crippen LogP contribution in [-0.4, -0.2) is 41.1 Å². The summed E-state index contributed by atoms with van der Waals surface area (Å²) in [6.07, 6.45) is 3.52. The molecule has 5 N–H and O–H groups in total. The summed E-state index contributed by atoms with van der Waals surface area (Å²) < 4.78 is 5.67. The Bertz CT molecular complexity index is 920. The van der Waals surface area contributed by atoms with E-state index in [2.05, 4.69) is 30.8 Å². The minimum absolute atomic E-state index is 0.213. The van der Waals surface area contributed by atoms with Crippen molar-refractivity contribution in [1.82, 2.24) is 9.97 Å². The molecule has 27 heavy (non-hydrogen) atoms. The van der Waals surface area contributed by atoms with Gasteiger partial charge in [-0.3, -0.25) is 4.79 Å². The minimum Gasteiger partial charge on any atom is -0.483 e. The summed E-state index contributed by atoms with van der Waals surface area (Å²) in [5.74, 6) is 0.938. The number of hydrogen-bond acceptors (Lipinski definition) is 7. The standard InChI is InChI=1S/C18H19N7O2/c1-20-12-7-21-14-6-11(4-5-15(14)27-9-12)24-18-22-8-13(16(19)26)17(25-18)23-10-2-3-10/h4-6,8,10,12,21H,2-3,7,9H2,(H2,19,26)(H2,22,23,24,25). The Morgan fingerprint density at radius 1 is 1.41 bits per heavy atom. The largest absolute Gasteiger partial charge is 0.483 e. The SMILES string of the molecule is [C-]#[N+]C1CNc2cc(Nc3ncc(C(N)=O)c(NC4CC4)n3)ccc2OC1. The highest BCUT2D eigenvalue weighted by atomic mass is 16.5. The van der Waals surface area contributed by atoms with Crippen LogP contribution in [-0.2, 0) is 0 Å². The third kappa shape index (κ3) is 3.84. The van der Waals surface area contributed by atoms with E-state index in [1.165, 1.54) is 6.20 Å². The Balaban J connectivity index is 1.55. The average Bonchev–Trinajstić information content (AvgIpc) is 3.48. The van der Waals surface area contributed by atoms with E-state index in [0.29, 0.717) is 36.7 Å². The van der Waals surface area contributed by atoms with E-state index in [1.54, 1.807) is 0 Å². The lowest BCUT2D eigenvalue weighted by atomic mass is 10.2. The van der Waals surface area contributed by atoms with Crippen LogP contribution in [0.15, 0.2) is 24.4 Å². The van der Waals surface area contributed by atoms with Crippen LogP contribution in [0.3, 0.4) is 0 Å². The molecule has 1 fully saturated rings. The number of benzene rings is 1. The van der Waals surface area contributed by atoms with Crippen LogP contribution in [0, 0.1) is 6.57 Å². The predicted molar refractivity (Wildman–Crippen MR) is 101 cm³/mol. The molecule has 0 radical (unpaired) electrons. The smallest absolute Gasteiger partial charge is 0.273 e. The lowest BCUT2D eigenvalue weighted by Crippen LogP contribution is -2.19. The van der Waals surface area contributed by atoms with Crippen molar-refractivity contribution in [2.24, 2.45) is 5.73 Å². The van der Waals surface area contributed by atoms with Crippen molar-refractivity contribution in [2.45, 2.75) is 24.9 Å². The quantitative estimate of drug-likeness (QED) is 0.598. The molecule has 9 heteroatoms. The number of nitrogens with two attached hydrogens (primary N) is 1. The maximum absolute atomic E-state index is 11.6. The Morgan fingerprint density at radius 2 is 2.26 bits per heavy atom. The first-order valence-corrected chi connectivity index (χ1v) is 8.70. The van der Waals surface area contributed by atoms with Gasteiger partial charge in [0.25, 0.3) is 11.9 Å². The molecule has 1 aromatic heterocycles. The highest BCUT2D eigenvalue weighted by molar-refractivity contribution is 5.97. The van der Waals surface area contributed by atoms with Crippen LogP contribution in [0.5, 0.6) is 5.75 Å². The number of carbonyl (C=O) groups excluding carboxylic acids is 1. The molecule has 1 unspecified atom stereocenters. The fourth-order valence-corrected chi connectivity index (χ4v) is 2.71. The predicted octanol–water partition coefficient (Wildman–Crippen LogP) is 1.99. The van der Waals surface area contributed by atoms with Crippen LogP contribution < -0.4 is 26.4 Å². The number of hydrogen-bond donors (Lipinski definition) is 4. The lowest BCUT2D eigenvalue weighted by Gasteiger charge is -2.12. The zero-order valence-corrected chi connectivity index (χ0v) is 14.5. The third-order valence-corrected chi connectivity index (χ3v) is 4.35. The Kier molecular flexibility index (Phi) is 4.38. The lowest BCUT2D eigenvalue weighted by molar-refractivity contribution is 0.100. The van der Waals surface area contributed by atoms with Gasteiger partial charge in [0.15, 0.2) is 6.61 Å². The minimum atomic E-state index is -0.564. The number of carbonyl (C=O) groups is 1. The summed E-state index contributed by atoms with van der Waals surface area (Å²) in [5, 5.41) is 9.57. The molecule has 1 saturated carbocycles. The van der Waals surface area contributed by atoms with Crippen LogP contribution >= 0.6 is 0 Å². The van der Waals surface area contributed by atoms with E-state index < -0.39 is 5.91 Å². The van der Waals surface area contributed by atoms with Gasteiger partial charge in [-0.05, 0) is 31.0 Å². The molecule has 0 spiro atoms. The molecule has 1 amide bonds. The monoisotopic (exact) mass is 365 g/mol. The average molecular weight is 365 g/mol. The second kappa shape index (κ2) is 6.99. The third-order valence-electron chi connectivity index (χ3n) is 4.35. The van der Waals surface area contributed by atoms with Gasteiger partial charge in [-0.25, -0.2) is 11.6 Å². The molecule has 1 aliphatic carbocycles. The number of ether oxygens (including phenoxy) is 1. The second-order valence-electron chi connectivity index (χ2n) is 6.55. The first-order chi connectivity index (χ1) is 13.1. The van der Waals surface area contributed by atoms with Gasteiger partial charge in [0.1, 0.15) is 11.6 Å². The van der Waals surface area contributed by atoms with E-state index in [-0.39, 0.29) is 11.6 Å². The molecule has 9 nitrogen and oxygen atoms in total. The molecular formula is C18H19N7O2. The zero-order valence-electron chi connectivity index (χ0n) is 14.5. The maximum Gasteiger partial charge on any atom is 0.273 e. The summed E-state index contributed by atoms with van der Waals surface area (Å²) in [7, 11) is 0. The van der Waals surface area contributed by atoms with E-state index in [9.17, 15) is 4.79 Å². The number of anilines is 4.